The fourth-order valence-corrected chi connectivity index (χ4v) is 3.13. The molecule has 8 heteroatoms. The molecule has 0 spiro atoms. The highest BCUT2D eigenvalue weighted by Crippen LogP contribution is 2.28. The number of oxime groups is 1. The molecule has 0 aliphatic carbocycles. The lowest BCUT2D eigenvalue weighted by Gasteiger charge is -2.11. The van der Waals surface area contributed by atoms with Gasteiger partial charge in [0, 0.05) is 17.1 Å². The lowest BCUT2D eigenvalue weighted by molar-refractivity contribution is -0.125. The zero-order chi connectivity index (χ0) is 24.2. The Morgan fingerprint density at radius 3 is 2.38 bits per heavy atom. The average molecular weight is 483 g/mol. The normalized spacial score (nSPS) is 10.7. The average Bonchev–Trinajstić information content (AvgIpc) is 2.87. The van der Waals surface area contributed by atoms with Gasteiger partial charge in [0.25, 0.3) is 5.91 Å². The maximum absolute atomic E-state index is 11.9. The van der Waals surface area contributed by atoms with Crippen LogP contribution in [-0.2, 0) is 22.7 Å². The summed E-state index contributed by atoms with van der Waals surface area (Å²) in [5.74, 6) is 1.73. The molecule has 3 rings (SSSR count). The summed E-state index contributed by atoms with van der Waals surface area (Å²) in [4.78, 5) is 17.0. The predicted molar refractivity (Wildman–Crippen MR) is 132 cm³/mol. The van der Waals surface area contributed by atoms with E-state index in [4.69, 9.17) is 30.6 Å². The fourth-order valence-electron chi connectivity index (χ4n) is 3.01. The van der Waals surface area contributed by atoms with Crippen molar-refractivity contribution in [1.82, 2.24) is 5.32 Å². The van der Waals surface area contributed by atoms with E-state index in [-0.39, 0.29) is 12.5 Å². The summed E-state index contributed by atoms with van der Waals surface area (Å²) in [6.45, 7) is 0.725. The highest BCUT2D eigenvalue weighted by atomic mass is 35.5. The first-order valence-corrected chi connectivity index (χ1v) is 11.1. The van der Waals surface area contributed by atoms with Crippen molar-refractivity contribution in [3.63, 3.8) is 0 Å². The van der Waals surface area contributed by atoms with Crippen molar-refractivity contribution in [3.05, 3.63) is 88.4 Å². The number of amides is 1. The Kier molecular flexibility index (Phi) is 9.61. The number of ether oxygens (including phenoxy) is 3. The lowest BCUT2D eigenvalue weighted by atomic mass is 10.1. The van der Waals surface area contributed by atoms with Gasteiger partial charge in [-0.15, -0.1) is 0 Å². The van der Waals surface area contributed by atoms with Gasteiger partial charge < -0.3 is 24.4 Å². The smallest absolute Gasteiger partial charge is 0.260 e. The minimum atomic E-state index is -0.241. The van der Waals surface area contributed by atoms with E-state index in [0.29, 0.717) is 36.1 Å². The van der Waals surface area contributed by atoms with Gasteiger partial charge in [-0.2, -0.15) is 0 Å². The summed E-state index contributed by atoms with van der Waals surface area (Å²) >= 11 is 5.91. The van der Waals surface area contributed by atoms with E-state index in [1.165, 1.54) is 6.21 Å². The Labute approximate surface area is 204 Å². The highest BCUT2D eigenvalue weighted by molar-refractivity contribution is 6.30. The molecule has 0 heterocycles. The summed E-state index contributed by atoms with van der Waals surface area (Å²) in [6, 6.07) is 20.6. The largest absolute Gasteiger partial charge is 0.497 e. The van der Waals surface area contributed by atoms with Crippen LogP contribution in [0.4, 0.5) is 0 Å². The van der Waals surface area contributed by atoms with E-state index in [0.717, 1.165) is 22.4 Å². The first-order chi connectivity index (χ1) is 16.6. The number of halogens is 1. The summed E-state index contributed by atoms with van der Waals surface area (Å²) in [5, 5.41) is 7.35. The van der Waals surface area contributed by atoms with Gasteiger partial charge in [-0.25, -0.2) is 0 Å². The van der Waals surface area contributed by atoms with Gasteiger partial charge in [-0.3, -0.25) is 4.79 Å². The molecule has 0 aliphatic rings. The van der Waals surface area contributed by atoms with Gasteiger partial charge >= 0.3 is 0 Å². The molecule has 0 fully saturated rings. The molecule has 0 radical (unpaired) electrons. The lowest BCUT2D eigenvalue weighted by Crippen LogP contribution is -2.28. The van der Waals surface area contributed by atoms with Crippen molar-refractivity contribution in [3.8, 4) is 17.2 Å². The van der Waals surface area contributed by atoms with Crippen LogP contribution >= 0.6 is 11.6 Å². The van der Waals surface area contributed by atoms with Crippen LogP contribution in [0, 0.1) is 0 Å². The van der Waals surface area contributed by atoms with Crippen molar-refractivity contribution in [2.24, 2.45) is 5.16 Å². The summed E-state index contributed by atoms with van der Waals surface area (Å²) < 4.78 is 16.4. The van der Waals surface area contributed by atoms with Crippen LogP contribution in [-0.4, -0.2) is 39.5 Å². The maximum atomic E-state index is 11.9. The molecule has 0 unspecified atom stereocenters. The molecule has 3 aromatic rings. The molecule has 1 amide bonds. The Morgan fingerprint density at radius 1 is 0.941 bits per heavy atom. The van der Waals surface area contributed by atoms with Crippen LogP contribution in [0.3, 0.4) is 0 Å². The molecule has 7 nitrogen and oxygen atoms in total. The number of nitrogens with one attached hydrogen (secondary N) is 1. The summed E-state index contributed by atoms with van der Waals surface area (Å²) in [7, 11) is 3.19. The van der Waals surface area contributed by atoms with Gasteiger partial charge in [0.15, 0.2) is 18.1 Å². The number of nitrogens with zero attached hydrogens (tertiary/aromatic N) is 1. The highest BCUT2D eigenvalue weighted by Gasteiger charge is 2.06. The van der Waals surface area contributed by atoms with E-state index in [2.05, 4.69) is 10.5 Å². The Morgan fingerprint density at radius 2 is 1.68 bits per heavy atom. The van der Waals surface area contributed by atoms with Crippen LogP contribution in [0.5, 0.6) is 17.2 Å². The van der Waals surface area contributed by atoms with E-state index < -0.39 is 0 Å². The van der Waals surface area contributed by atoms with E-state index in [1.807, 2.05) is 54.6 Å². The Bertz CT molecular complexity index is 1090. The number of methoxy groups -OCH3 is 2. The predicted octanol–water partition coefficient (Wildman–Crippen LogP) is 4.65. The van der Waals surface area contributed by atoms with Crippen molar-refractivity contribution in [1.29, 1.82) is 0 Å². The van der Waals surface area contributed by atoms with Gasteiger partial charge in [-0.1, -0.05) is 41.0 Å². The molecule has 0 aliphatic heterocycles. The maximum Gasteiger partial charge on any atom is 0.260 e. The third kappa shape index (κ3) is 8.01. The zero-order valence-electron chi connectivity index (χ0n) is 19.1. The van der Waals surface area contributed by atoms with Gasteiger partial charge in [0.05, 0.1) is 20.4 Å². The molecule has 34 heavy (non-hydrogen) atoms. The fraction of sp³-hybridized carbons (Fsp3) is 0.231. The van der Waals surface area contributed by atoms with Crippen LogP contribution < -0.4 is 19.5 Å². The van der Waals surface area contributed by atoms with E-state index in [9.17, 15) is 4.79 Å². The van der Waals surface area contributed by atoms with Crippen molar-refractivity contribution >= 4 is 23.7 Å². The monoisotopic (exact) mass is 482 g/mol. The molecule has 1 N–H and O–H groups in total. The van der Waals surface area contributed by atoms with Crippen LogP contribution in [0.1, 0.15) is 16.7 Å². The second kappa shape index (κ2) is 13.1. The van der Waals surface area contributed by atoms with Crippen LogP contribution in [0.2, 0.25) is 5.02 Å². The minimum Gasteiger partial charge on any atom is -0.497 e. The molecule has 3 aromatic carbocycles. The van der Waals surface area contributed by atoms with Gasteiger partial charge in [0.1, 0.15) is 12.4 Å². The van der Waals surface area contributed by atoms with Crippen molar-refractivity contribution in [2.45, 2.75) is 13.0 Å². The van der Waals surface area contributed by atoms with Crippen molar-refractivity contribution in [2.75, 3.05) is 27.4 Å². The number of hydrogen-bond acceptors (Lipinski definition) is 6. The number of carbonyl (C=O) groups excluding carboxylic acids is 1. The topological polar surface area (TPSA) is 78.4 Å². The Hall–Kier alpha value is -3.71. The summed E-state index contributed by atoms with van der Waals surface area (Å²) in [6.07, 6.45) is 2.22. The third-order valence-corrected chi connectivity index (χ3v) is 5.11. The van der Waals surface area contributed by atoms with Gasteiger partial charge in [-0.05, 0) is 60.0 Å². The van der Waals surface area contributed by atoms with E-state index >= 15 is 0 Å². The summed E-state index contributed by atoms with van der Waals surface area (Å²) in [5.41, 5.74) is 2.85. The standard InChI is InChI=1S/C26H27ClN2O5/c1-31-23-10-5-19(6-11-23)13-14-28-26(30)18-34-29-16-21-7-12-24(25(15-21)32-2)33-17-20-3-8-22(27)9-4-20/h3-12,15-16H,13-14,17-18H2,1-2H3,(H,28,30)/b29-16+. The second-order valence-electron chi connectivity index (χ2n) is 7.28. The Balaban J connectivity index is 1.40. The number of hydrogen-bond donors (Lipinski definition) is 1. The van der Waals surface area contributed by atoms with E-state index in [1.54, 1.807) is 26.4 Å². The molecular formula is C26H27ClN2O5. The third-order valence-electron chi connectivity index (χ3n) is 4.86. The number of carbonyl (C=O) groups is 1. The first-order valence-electron chi connectivity index (χ1n) is 10.7. The number of rotatable bonds is 12. The SMILES string of the molecule is COc1ccc(CCNC(=O)CO/N=C/c2ccc(OCc3ccc(Cl)cc3)c(OC)c2)cc1. The minimum absolute atomic E-state index is 0.168. The molecule has 0 aromatic heterocycles. The molecular weight excluding hydrogens is 456 g/mol. The number of benzene rings is 3. The molecule has 0 atom stereocenters. The molecule has 0 bridgehead atoms. The first kappa shape index (κ1) is 24.9. The molecule has 178 valence electrons. The van der Waals surface area contributed by atoms with Crippen molar-refractivity contribution < 1.29 is 23.8 Å². The second-order valence-corrected chi connectivity index (χ2v) is 7.72. The molecule has 0 saturated carbocycles. The quantitative estimate of drug-likeness (QED) is 0.300. The molecule has 0 saturated heterocycles. The van der Waals surface area contributed by atoms with Gasteiger partial charge in [0.2, 0.25) is 0 Å². The van der Waals surface area contributed by atoms with Crippen LogP contribution in [0.25, 0.3) is 0 Å². The van der Waals surface area contributed by atoms with Crippen LogP contribution in [0.15, 0.2) is 71.9 Å². The zero-order valence-corrected chi connectivity index (χ0v) is 19.9.